The van der Waals surface area contributed by atoms with E-state index >= 15 is 0 Å². The number of hydrogen-bond donors (Lipinski definition) is 2. The van der Waals surface area contributed by atoms with Crippen LogP contribution < -0.4 is 10.6 Å². The molecule has 112 valence electrons. The van der Waals surface area contributed by atoms with Crippen LogP contribution in [-0.2, 0) is 4.79 Å². The Morgan fingerprint density at radius 3 is 3.05 bits per heavy atom. The summed E-state index contributed by atoms with van der Waals surface area (Å²) in [5.41, 5.74) is 1.89. The van der Waals surface area contributed by atoms with Crippen molar-refractivity contribution < 1.29 is 4.79 Å². The first kappa shape index (κ1) is 14.5. The van der Waals surface area contributed by atoms with E-state index in [9.17, 15) is 4.79 Å². The van der Waals surface area contributed by atoms with Gasteiger partial charge >= 0.3 is 0 Å². The molecule has 3 rings (SSSR count). The molecule has 21 heavy (non-hydrogen) atoms. The molecule has 5 heteroatoms. The molecule has 2 aromatic rings. The molecule has 1 amide bonds. The van der Waals surface area contributed by atoms with Crippen molar-refractivity contribution in [2.45, 2.75) is 32.6 Å². The van der Waals surface area contributed by atoms with Gasteiger partial charge in [-0.25, -0.2) is 4.98 Å². The first-order valence-electron chi connectivity index (χ1n) is 7.55. The number of benzene rings is 1. The summed E-state index contributed by atoms with van der Waals surface area (Å²) in [6, 6.07) is 5.97. The van der Waals surface area contributed by atoms with Crippen LogP contribution in [0.15, 0.2) is 18.2 Å². The van der Waals surface area contributed by atoms with E-state index in [1.807, 2.05) is 18.2 Å². The van der Waals surface area contributed by atoms with E-state index in [2.05, 4.69) is 29.5 Å². The summed E-state index contributed by atoms with van der Waals surface area (Å²) in [6.45, 7) is 6.10. The quantitative estimate of drug-likeness (QED) is 0.914. The Balaban J connectivity index is 1.75. The second-order valence-electron chi connectivity index (χ2n) is 5.92. The molecule has 1 aromatic heterocycles. The minimum Gasteiger partial charge on any atom is -0.326 e. The van der Waals surface area contributed by atoms with Crippen LogP contribution in [0, 0.1) is 5.92 Å². The molecule has 0 radical (unpaired) electrons. The first-order chi connectivity index (χ1) is 10.1. The number of hydrogen-bond acceptors (Lipinski definition) is 4. The summed E-state index contributed by atoms with van der Waals surface area (Å²) in [6.07, 6.45) is 2.04. The third-order valence-electron chi connectivity index (χ3n) is 3.83. The molecule has 1 fully saturated rings. The van der Waals surface area contributed by atoms with Crippen LogP contribution in [0.5, 0.6) is 0 Å². The number of rotatable bonds is 3. The number of thiazole rings is 1. The van der Waals surface area contributed by atoms with Crippen LogP contribution in [0.2, 0.25) is 0 Å². The fourth-order valence-electron chi connectivity index (χ4n) is 2.59. The molecule has 0 bridgehead atoms. The van der Waals surface area contributed by atoms with Gasteiger partial charge < -0.3 is 10.6 Å². The van der Waals surface area contributed by atoms with Crippen molar-refractivity contribution in [2.24, 2.45) is 5.92 Å². The lowest BCUT2D eigenvalue weighted by atomic mass is 9.99. The molecular weight excluding hydrogens is 282 g/mol. The van der Waals surface area contributed by atoms with E-state index in [1.54, 1.807) is 11.3 Å². The zero-order valence-corrected chi connectivity index (χ0v) is 13.3. The van der Waals surface area contributed by atoms with Crippen molar-refractivity contribution in [1.29, 1.82) is 0 Å². The molecule has 0 saturated carbocycles. The zero-order valence-electron chi connectivity index (χ0n) is 12.5. The van der Waals surface area contributed by atoms with E-state index < -0.39 is 0 Å². The second kappa shape index (κ2) is 6.12. The highest BCUT2D eigenvalue weighted by Crippen LogP contribution is 2.29. The van der Waals surface area contributed by atoms with Gasteiger partial charge in [-0.05, 0) is 37.6 Å². The number of piperidine rings is 1. The molecule has 1 aliphatic rings. The van der Waals surface area contributed by atoms with Crippen molar-refractivity contribution in [2.75, 3.05) is 18.4 Å². The van der Waals surface area contributed by atoms with Crippen LogP contribution in [0.3, 0.4) is 0 Å². The topological polar surface area (TPSA) is 54.0 Å². The molecule has 1 aromatic carbocycles. The number of carbonyl (C=O) groups is 1. The molecule has 2 heterocycles. The number of carbonyl (C=O) groups excluding carboxylic acids is 1. The lowest BCUT2D eigenvalue weighted by Crippen LogP contribution is -2.37. The second-order valence-corrected chi connectivity index (χ2v) is 6.98. The monoisotopic (exact) mass is 303 g/mol. The molecule has 1 atom stereocenters. The fourth-order valence-corrected chi connectivity index (χ4v) is 3.60. The predicted octanol–water partition coefficient (Wildman–Crippen LogP) is 3.36. The minimum atomic E-state index is 0.0853. The number of fused-ring (bicyclic) bond motifs is 1. The minimum absolute atomic E-state index is 0.0853. The lowest BCUT2D eigenvalue weighted by molar-refractivity contribution is -0.120. The molecule has 1 unspecified atom stereocenters. The van der Waals surface area contributed by atoms with Gasteiger partial charge in [-0.15, -0.1) is 11.3 Å². The largest absolute Gasteiger partial charge is 0.326 e. The average Bonchev–Trinajstić information content (AvgIpc) is 2.91. The Kier molecular flexibility index (Phi) is 4.22. The Bertz CT molecular complexity index is 644. The molecular formula is C16H21N3OS. The van der Waals surface area contributed by atoms with Crippen LogP contribution in [0.1, 0.15) is 37.6 Å². The van der Waals surface area contributed by atoms with Crippen LogP contribution in [0.25, 0.3) is 10.2 Å². The summed E-state index contributed by atoms with van der Waals surface area (Å²) < 4.78 is 1.14. The summed E-state index contributed by atoms with van der Waals surface area (Å²) in [7, 11) is 0. The standard InChI is InChI=1S/C16H21N3OS/c1-10(2)16-19-13-6-5-12(8-14(13)21-16)18-15(20)11-4-3-7-17-9-11/h5-6,8,10-11,17H,3-4,7,9H2,1-2H3,(H,18,20). The first-order valence-corrected chi connectivity index (χ1v) is 8.37. The SMILES string of the molecule is CC(C)c1nc2ccc(NC(=O)C3CCCNC3)cc2s1. The van der Waals surface area contributed by atoms with Crippen molar-refractivity contribution >= 4 is 33.1 Å². The van der Waals surface area contributed by atoms with Gasteiger partial charge in [-0.1, -0.05) is 13.8 Å². The summed E-state index contributed by atoms with van der Waals surface area (Å²) in [5, 5.41) is 7.46. The summed E-state index contributed by atoms with van der Waals surface area (Å²) in [4.78, 5) is 16.9. The maximum Gasteiger partial charge on any atom is 0.228 e. The normalized spacial score (nSPS) is 19.1. The Morgan fingerprint density at radius 2 is 2.33 bits per heavy atom. The third kappa shape index (κ3) is 3.24. The number of amides is 1. The zero-order chi connectivity index (χ0) is 14.8. The van der Waals surface area contributed by atoms with Gasteiger partial charge in [0.15, 0.2) is 0 Å². The highest BCUT2D eigenvalue weighted by molar-refractivity contribution is 7.18. The molecule has 1 aliphatic heterocycles. The van der Waals surface area contributed by atoms with E-state index in [4.69, 9.17) is 0 Å². The third-order valence-corrected chi connectivity index (χ3v) is 5.15. The maximum absolute atomic E-state index is 12.3. The maximum atomic E-state index is 12.3. The Morgan fingerprint density at radius 1 is 1.48 bits per heavy atom. The average molecular weight is 303 g/mol. The lowest BCUT2D eigenvalue weighted by Gasteiger charge is -2.21. The highest BCUT2D eigenvalue weighted by atomic mass is 32.1. The van der Waals surface area contributed by atoms with Gasteiger partial charge in [0.1, 0.15) is 0 Å². The Hall–Kier alpha value is -1.46. The number of aromatic nitrogens is 1. The smallest absolute Gasteiger partial charge is 0.228 e. The van der Waals surface area contributed by atoms with Gasteiger partial charge in [0.25, 0.3) is 0 Å². The number of nitrogens with one attached hydrogen (secondary N) is 2. The highest BCUT2D eigenvalue weighted by Gasteiger charge is 2.21. The van der Waals surface area contributed by atoms with Crippen molar-refractivity contribution in [1.82, 2.24) is 10.3 Å². The van der Waals surface area contributed by atoms with E-state index in [-0.39, 0.29) is 11.8 Å². The van der Waals surface area contributed by atoms with Gasteiger partial charge in [0, 0.05) is 18.2 Å². The van der Waals surface area contributed by atoms with E-state index in [0.29, 0.717) is 5.92 Å². The number of nitrogens with zero attached hydrogens (tertiary/aromatic N) is 1. The molecule has 0 aliphatic carbocycles. The van der Waals surface area contributed by atoms with Crippen molar-refractivity contribution in [3.05, 3.63) is 23.2 Å². The van der Waals surface area contributed by atoms with Crippen molar-refractivity contribution in [3.8, 4) is 0 Å². The fraction of sp³-hybridized carbons (Fsp3) is 0.500. The Labute approximate surface area is 129 Å². The van der Waals surface area contributed by atoms with Gasteiger partial charge in [0.2, 0.25) is 5.91 Å². The molecule has 2 N–H and O–H groups in total. The predicted molar refractivity (Wildman–Crippen MR) is 87.9 cm³/mol. The number of anilines is 1. The van der Waals surface area contributed by atoms with E-state index in [1.165, 1.54) is 0 Å². The summed E-state index contributed by atoms with van der Waals surface area (Å²) in [5.74, 6) is 0.644. The van der Waals surface area contributed by atoms with Crippen molar-refractivity contribution in [3.63, 3.8) is 0 Å². The van der Waals surface area contributed by atoms with Gasteiger partial charge in [-0.2, -0.15) is 0 Å². The van der Waals surface area contributed by atoms with Gasteiger partial charge in [-0.3, -0.25) is 4.79 Å². The molecule has 0 spiro atoms. The molecule has 1 saturated heterocycles. The van der Waals surface area contributed by atoms with Crippen LogP contribution in [0.4, 0.5) is 5.69 Å². The summed E-state index contributed by atoms with van der Waals surface area (Å²) >= 11 is 1.71. The molecule has 4 nitrogen and oxygen atoms in total. The van der Waals surface area contributed by atoms with Crippen LogP contribution >= 0.6 is 11.3 Å². The van der Waals surface area contributed by atoms with E-state index in [0.717, 1.165) is 46.8 Å². The van der Waals surface area contributed by atoms with Gasteiger partial charge in [0.05, 0.1) is 21.1 Å². The van der Waals surface area contributed by atoms with Crippen LogP contribution in [-0.4, -0.2) is 24.0 Å².